The predicted octanol–water partition coefficient (Wildman–Crippen LogP) is 4.92. The fourth-order valence-electron chi connectivity index (χ4n) is 2.84. The van der Waals surface area contributed by atoms with Gasteiger partial charge in [-0.15, -0.1) is 11.8 Å². The van der Waals surface area contributed by atoms with Crippen molar-refractivity contribution >= 4 is 46.8 Å². The molecule has 0 aromatic heterocycles. The molecule has 0 heterocycles. The number of halogens is 3. The summed E-state index contributed by atoms with van der Waals surface area (Å²) in [5.74, 6) is 0.0688. The first-order chi connectivity index (χ1) is 13.8. The molecule has 0 bridgehead atoms. The standard InChI is InChI=1S/C21H23Cl2FN2O2S/c1-3-19(21(28)25-2)26(11-15-6-7-16(22)10-18(15)23)20(27)13-29-12-14-4-8-17(24)9-5-14/h4-10,19H,3,11-13H2,1-2H3,(H,25,28)/t19-/m0/s1. The summed E-state index contributed by atoms with van der Waals surface area (Å²) in [6.45, 7) is 2.06. The predicted molar refractivity (Wildman–Crippen MR) is 118 cm³/mol. The van der Waals surface area contributed by atoms with Crippen LogP contribution in [0.1, 0.15) is 24.5 Å². The van der Waals surface area contributed by atoms with E-state index in [-0.39, 0.29) is 29.9 Å². The normalized spacial score (nSPS) is 11.8. The van der Waals surface area contributed by atoms with Crippen molar-refractivity contribution in [2.45, 2.75) is 31.7 Å². The van der Waals surface area contributed by atoms with Gasteiger partial charge in [0, 0.05) is 29.4 Å². The van der Waals surface area contributed by atoms with E-state index in [1.165, 1.54) is 23.9 Å². The van der Waals surface area contributed by atoms with Crippen molar-refractivity contribution in [2.75, 3.05) is 12.8 Å². The number of hydrogen-bond acceptors (Lipinski definition) is 3. The molecule has 156 valence electrons. The highest BCUT2D eigenvalue weighted by atomic mass is 35.5. The zero-order valence-corrected chi connectivity index (χ0v) is 18.6. The number of carbonyl (C=O) groups excluding carboxylic acids is 2. The van der Waals surface area contributed by atoms with Crippen LogP contribution in [0.4, 0.5) is 4.39 Å². The fraction of sp³-hybridized carbons (Fsp3) is 0.333. The highest BCUT2D eigenvalue weighted by molar-refractivity contribution is 7.99. The van der Waals surface area contributed by atoms with Gasteiger partial charge in [-0.2, -0.15) is 0 Å². The van der Waals surface area contributed by atoms with E-state index >= 15 is 0 Å². The first kappa shape index (κ1) is 23.5. The highest BCUT2D eigenvalue weighted by Gasteiger charge is 2.28. The minimum Gasteiger partial charge on any atom is -0.357 e. The second-order valence-electron chi connectivity index (χ2n) is 6.41. The molecule has 0 radical (unpaired) electrons. The number of nitrogens with zero attached hydrogens (tertiary/aromatic N) is 1. The van der Waals surface area contributed by atoms with E-state index in [1.54, 1.807) is 42.3 Å². The Morgan fingerprint density at radius 1 is 1.17 bits per heavy atom. The van der Waals surface area contributed by atoms with Crippen LogP contribution in [0.3, 0.4) is 0 Å². The zero-order valence-electron chi connectivity index (χ0n) is 16.3. The number of thioether (sulfide) groups is 1. The van der Waals surface area contributed by atoms with Crippen molar-refractivity contribution in [3.05, 3.63) is 69.5 Å². The summed E-state index contributed by atoms with van der Waals surface area (Å²) < 4.78 is 13.0. The number of nitrogens with one attached hydrogen (secondary N) is 1. The summed E-state index contributed by atoms with van der Waals surface area (Å²) >= 11 is 13.7. The van der Waals surface area contributed by atoms with E-state index in [2.05, 4.69) is 5.32 Å². The molecule has 0 unspecified atom stereocenters. The molecule has 1 N–H and O–H groups in total. The Bertz CT molecular complexity index is 849. The Labute approximate surface area is 184 Å². The van der Waals surface area contributed by atoms with Crippen molar-refractivity contribution < 1.29 is 14.0 Å². The lowest BCUT2D eigenvalue weighted by Crippen LogP contribution is -2.48. The summed E-state index contributed by atoms with van der Waals surface area (Å²) in [7, 11) is 1.55. The maximum atomic E-state index is 13.0. The minimum atomic E-state index is -0.606. The minimum absolute atomic E-state index is 0.168. The van der Waals surface area contributed by atoms with Crippen LogP contribution in [-0.2, 0) is 21.9 Å². The van der Waals surface area contributed by atoms with Crippen LogP contribution in [-0.4, -0.2) is 35.6 Å². The molecule has 0 saturated heterocycles. The van der Waals surface area contributed by atoms with Crippen LogP contribution in [0.2, 0.25) is 10.0 Å². The molecule has 8 heteroatoms. The van der Waals surface area contributed by atoms with Crippen molar-refractivity contribution in [3.8, 4) is 0 Å². The first-order valence-electron chi connectivity index (χ1n) is 9.12. The third-order valence-corrected chi connectivity index (χ3v) is 5.97. The summed E-state index contributed by atoms with van der Waals surface area (Å²) in [6, 6.07) is 10.6. The SMILES string of the molecule is CC[C@@H](C(=O)NC)N(Cc1ccc(Cl)cc1Cl)C(=O)CSCc1ccc(F)cc1. The van der Waals surface area contributed by atoms with Crippen LogP contribution in [0.15, 0.2) is 42.5 Å². The molecule has 0 aliphatic carbocycles. The third-order valence-electron chi connectivity index (χ3n) is 4.40. The Balaban J connectivity index is 2.13. The number of likely N-dealkylation sites (N-methyl/N-ethyl adjacent to an activating group) is 1. The molecule has 2 amide bonds. The van der Waals surface area contributed by atoms with Gasteiger partial charge in [0.2, 0.25) is 11.8 Å². The topological polar surface area (TPSA) is 49.4 Å². The van der Waals surface area contributed by atoms with E-state index in [4.69, 9.17) is 23.2 Å². The molecule has 2 rings (SSSR count). The highest BCUT2D eigenvalue weighted by Crippen LogP contribution is 2.24. The Kier molecular flexibility index (Phi) is 9.27. The lowest BCUT2D eigenvalue weighted by molar-refractivity contribution is -0.139. The van der Waals surface area contributed by atoms with Gasteiger partial charge in [-0.3, -0.25) is 9.59 Å². The largest absolute Gasteiger partial charge is 0.357 e. The summed E-state index contributed by atoms with van der Waals surface area (Å²) in [5.41, 5.74) is 1.64. The molecule has 0 saturated carbocycles. The fourth-order valence-corrected chi connectivity index (χ4v) is 4.18. The van der Waals surface area contributed by atoms with Gasteiger partial charge in [-0.25, -0.2) is 4.39 Å². The Hall–Kier alpha value is -1.76. The molecule has 4 nitrogen and oxygen atoms in total. The van der Waals surface area contributed by atoms with Gasteiger partial charge in [-0.05, 0) is 41.8 Å². The molecule has 29 heavy (non-hydrogen) atoms. The van der Waals surface area contributed by atoms with E-state index < -0.39 is 6.04 Å². The smallest absolute Gasteiger partial charge is 0.242 e. The quantitative estimate of drug-likeness (QED) is 0.582. The Morgan fingerprint density at radius 2 is 1.86 bits per heavy atom. The van der Waals surface area contributed by atoms with Crippen LogP contribution in [0, 0.1) is 5.82 Å². The van der Waals surface area contributed by atoms with E-state index in [1.807, 2.05) is 6.92 Å². The van der Waals surface area contributed by atoms with Crippen LogP contribution >= 0.6 is 35.0 Å². The molecule has 0 spiro atoms. The number of hydrogen-bond donors (Lipinski definition) is 1. The lowest BCUT2D eigenvalue weighted by Gasteiger charge is -2.30. The third kappa shape index (κ3) is 6.91. The van der Waals surface area contributed by atoms with Gasteiger partial charge in [-0.1, -0.05) is 48.3 Å². The van der Waals surface area contributed by atoms with E-state index in [0.29, 0.717) is 22.2 Å². The van der Waals surface area contributed by atoms with Crippen LogP contribution in [0.25, 0.3) is 0 Å². The molecule has 2 aromatic rings. The molecular formula is C21H23Cl2FN2O2S. The molecule has 1 atom stereocenters. The van der Waals surface area contributed by atoms with E-state index in [9.17, 15) is 14.0 Å². The maximum absolute atomic E-state index is 13.0. The van der Waals surface area contributed by atoms with Crippen LogP contribution < -0.4 is 5.32 Å². The van der Waals surface area contributed by atoms with Crippen molar-refractivity contribution in [3.63, 3.8) is 0 Å². The van der Waals surface area contributed by atoms with Crippen molar-refractivity contribution in [1.29, 1.82) is 0 Å². The van der Waals surface area contributed by atoms with Crippen LogP contribution in [0.5, 0.6) is 0 Å². The van der Waals surface area contributed by atoms with E-state index in [0.717, 1.165) is 11.1 Å². The number of amides is 2. The van der Waals surface area contributed by atoms with Gasteiger partial charge in [0.1, 0.15) is 11.9 Å². The molecular weight excluding hydrogens is 434 g/mol. The molecule has 0 aliphatic rings. The second kappa shape index (κ2) is 11.4. The van der Waals surface area contributed by atoms with Gasteiger partial charge in [0.25, 0.3) is 0 Å². The van der Waals surface area contributed by atoms with Crippen molar-refractivity contribution in [1.82, 2.24) is 10.2 Å². The van der Waals surface area contributed by atoms with Gasteiger partial charge >= 0.3 is 0 Å². The number of rotatable bonds is 9. The molecule has 0 fully saturated rings. The summed E-state index contributed by atoms with van der Waals surface area (Å²) in [5, 5.41) is 3.57. The van der Waals surface area contributed by atoms with Gasteiger partial charge < -0.3 is 10.2 Å². The van der Waals surface area contributed by atoms with Crippen molar-refractivity contribution in [2.24, 2.45) is 0 Å². The average Bonchev–Trinajstić information content (AvgIpc) is 2.70. The second-order valence-corrected chi connectivity index (χ2v) is 8.24. The molecule has 2 aromatic carbocycles. The number of benzene rings is 2. The maximum Gasteiger partial charge on any atom is 0.242 e. The van der Waals surface area contributed by atoms with Gasteiger partial charge in [0.15, 0.2) is 0 Å². The summed E-state index contributed by atoms with van der Waals surface area (Å²) in [6.07, 6.45) is 0.471. The lowest BCUT2D eigenvalue weighted by atomic mass is 10.1. The van der Waals surface area contributed by atoms with Gasteiger partial charge in [0.05, 0.1) is 5.75 Å². The summed E-state index contributed by atoms with van der Waals surface area (Å²) in [4.78, 5) is 26.9. The number of carbonyl (C=O) groups is 2. The first-order valence-corrected chi connectivity index (χ1v) is 11.0. The molecule has 0 aliphatic heterocycles. The zero-order chi connectivity index (χ0) is 21.4. The monoisotopic (exact) mass is 456 g/mol. The Morgan fingerprint density at radius 3 is 2.45 bits per heavy atom. The average molecular weight is 457 g/mol.